The van der Waals surface area contributed by atoms with E-state index in [1.54, 1.807) is 13.3 Å². The molecule has 0 saturated carbocycles. The molecule has 0 saturated heterocycles. The number of hydrogen-bond acceptors (Lipinski definition) is 3. The molecule has 3 rings (SSSR count). The van der Waals surface area contributed by atoms with E-state index < -0.39 is 0 Å². The normalized spacial score (nSPS) is 16.6. The summed E-state index contributed by atoms with van der Waals surface area (Å²) in [5.74, 6) is 1.76. The number of benzene rings is 1. The van der Waals surface area contributed by atoms with E-state index in [0.717, 1.165) is 29.3 Å². The predicted octanol–water partition coefficient (Wildman–Crippen LogP) is 2.60. The van der Waals surface area contributed by atoms with Crippen molar-refractivity contribution in [1.82, 2.24) is 0 Å². The van der Waals surface area contributed by atoms with E-state index in [0.29, 0.717) is 0 Å². The van der Waals surface area contributed by atoms with Crippen molar-refractivity contribution >= 4 is 23.3 Å². The number of fused-ring (bicyclic) bond motifs is 4. The number of dihydropyridines is 1. The molecule has 0 spiro atoms. The molecule has 0 atom stereocenters. The molecule has 0 aromatic heterocycles. The molecular formula is C12H10N2O. The largest absolute Gasteiger partial charge is 0.497 e. The predicted molar refractivity (Wildman–Crippen MR) is 61.2 cm³/mol. The van der Waals surface area contributed by atoms with Crippen LogP contribution in [0, 0.1) is 0 Å². The molecule has 3 heteroatoms. The van der Waals surface area contributed by atoms with Gasteiger partial charge < -0.3 is 4.74 Å². The monoisotopic (exact) mass is 198 g/mol. The Morgan fingerprint density at radius 3 is 3.13 bits per heavy atom. The maximum atomic E-state index is 5.21. The summed E-state index contributed by atoms with van der Waals surface area (Å²) in [4.78, 5) is 8.67. The topological polar surface area (TPSA) is 34.0 Å². The Hall–Kier alpha value is -1.90. The van der Waals surface area contributed by atoms with E-state index in [2.05, 4.69) is 9.98 Å². The Balaban J connectivity index is 2.22. The molecule has 15 heavy (non-hydrogen) atoms. The summed E-state index contributed by atoms with van der Waals surface area (Å²) in [6, 6.07) is 5.93. The zero-order valence-corrected chi connectivity index (χ0v) is 8.40. The van der Waals surface area contributed by atoms with Gasteiger partial charge in [0, 0.05) is 18.2 Å². The van der Waals surface area contributed by atoms with E-state index in [9.17, 15) is 0 Å². The highest BCUT2D eigenvalue weighted by molar-refractivity contribution is 6.10. The van der Waals surface area contributed by atoms with Crippen molar-refractivity contribution in [2.24, 2.45) is 9.98 Å². The molecule has 2 bridgehead atoms. The average Bonchev–Trinajstić information content (AvgIpc) is 2.29. The molecule has 0 N–H and O–H groups in total. The van der Waals surface area contributed by atoms with Crippen LogP contribution in [0.1, 0.15) is 12.0 Å². The molecule has 74 valence electrons. The van der Waals surface area contributed by atoms with Crippen LogP contribution in [0.4, 0.5) is 5.69 Å². The lowest BCUT2D eigenvalue weighted by Gasteiger charge is -2.19. The van der Waals surface area contributed by atoms with Crippen LogP contribution < -0.4 is 4.74 Å². The second kappa shape index (κ2) is 3.05. The number of amidine groups is 1. The number of nitrogens with zero attached hydrogens (tertiary/aromatic N) is 2. The lowest BCUT2D eigenvalue weighted by Crippen LogP contribution is -2.06. The highest BCUT2D eigenvalue weighted by Crippen LogP contribution is 2.37. The molecule has 2 aliphatic rings. The molecule has 0 unspecified atom stereocenters. The van der Waals surface area contributed by atoms with Gasteiger partial charge in [0.25, 0.3) is 0 Å². The van der Waals surface area contributed by atoms with Gasteiger partial charge >= 0.3 is 0 Å². The fraction of sp³-hybridized carbons (Fsp3) is 0.167. The summed E-state index contributed by atoms with van der Waals surface area (Å²) < 4.78 is 5.21. The maximum absolute atomic E-state index is 5.21. The van der Waals surface area contributed by atoms with Gasteiger partial charge in [0.2, 0.25) is 0 Å². The van der Waals surface area contributed by atoms with E-state index in [-0.39, 0.29) is 0 Å². The smallest absolute Gasteiger partial charge is 0.133 e. The first kappa shape index (κ1) is 8.41. The van der Waals surface area contributed by atoms with Gasteiger partial charge in [-0.2, -0.15) is 0 Å². The van der Waals surface area contributed by atoms with Gasteiger partial charge in [-0.25, -0.2) is 9.98 Å². The van der Waals surface area contributed by atoms with Crippen molar-refractivity contribution in [3.8, 4) is 5.75 Å². The third-order valence-electron chi connectivity index (χ3n) is 2.65. The van der Waals surface area contributed by atoms with E-state index >= 15 is 0 Å². The summed E-state index contributed by atoms with van der Waals surface area (Å²) in [5, 5.41) is 0. The van der Waals surface area contributed by atoms with Crippen LogP contribution >= 0.6 is 0 Å². The highest BCUT2D eigenvalue weighted by atomic mass is 16.5. The standard InChI is InChI=1S/C12H10N2O/c1-15-9-2-3-11-10(7-9)8-4-5-13-12(6-8)14-11/h2-5,7H,6H2,1H3. The quantitative estimate of drug-likeness (QED) is 0.682. The fourth-order valence-electron chi connectivity index (χ4n) is 1.88. The second-order valence-electron chi connectivity index (χ2n) is 3.56. The van der Waals surface area contributed by atoms with Crippen molar-refractivity contribution in [2.75, 3.05) is 7.11 Å². The van der Waals surface area contributed by atoms with Gasteiger partial charge in [0.15, 0.2) is 0 Å². The zero-order chi connectivity index (χ0) is 10.3. The van der Waals surface area contributed by atoms with E-state index in [4.69, 9.17) is 4.74 Å². The van der Waals surface area contributed by atoms with Gasteiger partial charge in [-0.3, -0.25) is 0 Å². The number of methoxy groups -OCH3 is 1. The molecule has 0 aliphatic carbocycles. The molecule has 0 amide bonds. The first-order valence-electron chi connectivity index (χ1n) is 4.86. The highest BCUT2D eigenvalue weighted by Gasteiger charge is 2.18. The molecule has 2 aliphatic heterocycles. The van der Waals surface area contributed by atoms with Crippen LogP contribution in [0.5, 0.6) is 5.75 Å². The lowest BCUT2D eigenvalue weighted by atomic mass is 9.96. The van der Waals surface area contributed by atoms with E-state index in [1.165, 1.54) is 5.57 Å². The Bertz CT molecular complexity index is 512. The Kier molecular flexibility index (Phi) is 1.71. The third kappa shape index (κ3) is 1.28. The van der Waals surface area contributed by atoms with Crippen LogP contribution in [0.2, 0.25) is 0 Å². The van der Waals surface area contributed by atoms with Gasteiger partial charge in [-0.15, -0.1) is 0 Å². The van der Waals surface area contributed by atoms with Gasteiger partial charge in [0.1, 0.15) is 11.6 Å². The summed E-state index contributed by atoms with van der Waals surface area (Å²) in [6.45, 7) is 0. The van der Waals surface area contributed by atoms with Crippen LogP contribution in [-0.2, 0) is 0 Å². The minimum atomic E-state index is 0.830. The SMILES string of the molecule is COc1ccc2c(c1)C1=CC=NC(=N2)C1. The average molecular weight is 198 g/mol. The first-order valence-corrected chi connectivity index (χ1v) is 4.86. The summed E-state index contributed by atoms with van der Waals surface area (Å²) in [6.07, 6.45) is 4.67. The van der Waals surface area contributed by atoms with Crippen molar-refractivity contribution < 1.29 is 4.74 Å². The van der Waals surface area contributed by atoms with Crippen molar-refractivity contribution in [3.63, 3.8) is 0 Å². The van der Waals surface area contributed by atoms with Crippen LogP contribution in [0.15, 0.2) is 34.3 Å². The molecule has 3 nitrogen and oxygen atoms in total. The van der Waals surface area contributed by atoms with Gasteiger partial charge in [-0.05, 0) is 29.8 Å². The minimum Gasteiger partial charge on any atom is -0.497 e. The maximum Gasteiger partial charge on any atom is 0.133 e. The van der Waals surface area contributed by atoms with Gasteiger partial charge in [-0.1, -0.05) is 0 Å². The van der Waals surface area contributed by atoms with Crippen molar-refractivity contribution in [1.29, 1.82) is 0 Å². The van der Waals surface area contributed by atoms with E-state index in [1.807, 2.05) is 24.3 Å². The molecule has 0 radical (unpaired) electrons. The van der Waals surface area contributed by atoms with Crippen molar-refractivity contribution in [2.45, 2.75) is 6.42 Å². The molecule has 2 heterocycles. The molecule has 0 fully saturated rings. The van der Waals surface area contributed by atoms with Crippen molar-refractivity contribution in [3.05, 3.63) is 29.8 Å². The number of hydrogen-bond donors (Lipinski definition) is 0. The number of rotatable bonds is 1. The number of ether oxygens (including phenoxy) is 1. The third-order valence-corrected chi connectivity index (χ3v) is 2.65. The Labute approximate surface area is 87.8 Å². The second-order valence-corrected chi connectivity index (χ2v) is 3.56. The zero-order valence-electron chi connectivity index (χ0n) is 8.40. The van der Waals surface area contributed by atoms with Crippen LogP contribution in [0.3, 0.4) is 0 Å². The summed E-state index contributed by atoms with van der Waals surface area (Å²) in [7, 11) is 1.68. The number of allylic oxidation sites excluding steroid dienone is 1. The lowest BCUT2D eigenvalue weighted by molar-refractivity contribution is 0.414. The Morgan fingerprint density at radius 1 is 1.33 bits per heavy atom. The molecule has 1 aromatic carbocycles. The fourth-order valence-corrected chi connectivity index (χ4v) is 1.88. The number of aliphatic imine (C=N–C) groups is 2. The molecule has 1 aromatic rings. The van der Waals surface area contributed by atoms with Gasteiger partial charge in [0.05, 0.1) is 12.8 Å². The Morgan fingerprint density at radius 2 is 2.27 bits per heavy atom. The van der Waals surface area contributed by atoms with Crippen LogP contribution in [-0.4, -0.2) is 19.2 Å². The molecular weight excluding hydrogens is 188 g/mol. The first-order chi connectivity index (χ1) is 7.36. The minimum absolute atomic E-state index is 0.830. The van der Waals surface area contributed by atoms with Crippen LogP contribution in [0.25, 0.3) is 5.57 Å². The summed E-state index contributed by atoms with van der Waals surface area (Å²) >= 11 is 0. The summed E-state index contributed by atoms with van der Waals surface area (Å²) in [5.41, 5.74) is 3.41.